The van der Waals surface area contributed by atoms with E-state index in [9.17, 15) is 5.11 Å². The van der Waals surface area contributed by atoms with Crippen molar-refractivity contribution in [2.75, 3.05) is 0 Å². The lowest BCUT2D eigenvalue weighted by atomic mass is 9.83. The van der Waals surface area contributed by atoms with Gasteiger partial charge in [0.25, 0.3) is 0 Å². The van der Waals surface area contributed by atoms with Gasteiger partial charge in [-0.05, 0) is 62.8 Å². The Morgan fingerprint density at radius 1 is 1.29 bits per heavy atom. The third-order valence-corrected chi connectivity index (χ3v) is 5.89. The Morgan fingerprint density at radius 2 is 2.14 bits per heavy atom. The molecule has 1 heterocycles. The zero-order chi connectivity index (χ0) is 14.6. The number of benzene rings is 1. The maximum Gasteiger partial charge on any atom is 0.129 e. The SMILES string of the molecule is CC1(C)Cc2cccc(C(O)CC3CC4CCC3C4)c2O1. The Bertz CT molecular complexity index is 548. The highest BCUT2D eigenvalue weighted by Gasteiger charge is 2.41. The first-order valence-corrected chi connectivity index (χ1v) is 8.51. The number of hydrogen-bond donors (Lipinski definition) is 1. The minimum Gasteiger partial charge on any atom is -0.487 e. The van der Waals surface area contributed by atoms with E-state index in [1.165, 1.54) is 31.2 Å². The highest BCUT2D eigenvalue weighted by molar-refractivity contribution is 5.46. The van der Waals surface area contributed by atoms with Crippen LogP contribution in [-0.2, 0) is 6.42 Å². The van der Waals surface area contributed by atoms with Gasteiger partial charge in [-0.3, -0.25) is 0 Å². The number of aliphatic hydroxyl groups excluding tert-OH is 1. The Morgan fingerprint density at radius 3 is 2.86 bits per heavy atom. The van der Waals surface area contributed by atoms with Crippen LogP contribution in [0.2, 0.25) is 0 Å². The number of para-hydroxylation sites is 1. The maximum absolute atomic E-state index is 10.8. The smallest absolute Gasteiger partial charge is 0.129 e. The van der Waals surface area contributed by atoms with Crippen LogP contribution in [-0.4, -0.2) is 10.7 Å². The van der Waals surface area contributed by atoms with Crippen LogP contribution in [0.1, 0.15) is 63.2 Å². The molecular weight excluding hydrogens is 260 g/mol. The van der Waals surface area contributed by atoms with Crippen LogP contribution in [0.25, 0.3) is 0 Å². The lowest BCUT2D eigenvalue weighted by molar-refractivity contribution is 0.108. The van der Waals surface area contributed by atoms with Crippen molar-refractivity contribution in [2.24, 2.45) is 17.8 Å². The molecule has 21 heavy (non-hydrogen) atoms. The van der Waals surface area contributed by atoms with Gasteiger partial charge in [0.2, 0.25) is 0 Å². The fraction of sp³-hybridized carbons (Fsp3) is 0.684. The summed E-state index contributed by atoms with van der Waals surface area (Å²) < 4.78 is 6.11. The van der Waals surface area contributed by atoms with Gasteiger partial charge in [-0.1, -0.05) is 24.6 Å². The molecule has 4 rings (SSSR count). The second kappa shape index (κ2) is 4.74. The van der Waals surface area contributed by atoms with E-state index < -0.39 is 0 Å². The van der Waals surface area contributed by atoms with Crippen molar-refractivity contribution in [3.8, 4) is 5.75 Å². The van der Waals surface area contributed by atoms with E-state index in [1.807, 2.05) is 0 Å². The van der Waals surface area contributed by atoms with Crippen LogP contribution in [0.4, 0.5) is 0 Å². The monoisotopic (exact) mass is 286 g/mol. The molecule has 2 fully saturated rings. The molecule has 2 aliphatic carbocycles. The van der Waals surface area contributed by atoms with Crippen LogP contribution >= 0.6 is 0 Å². The Hall–Kier alpha value is -1.02. The lowest BCUT2D eigenvalue weighted by Gasteiger charge is -2.25. The summed E-state index contributed by atoms with van der Waals surface area (Å²) in [6.07, 6.45) is 7.06. The number of ether oxygens (including phenoxy) is 1. The summed E-state index contributed by atoms with van der Waals surface area (Å²) >= 11 is 0. The van der Waals surface area contributed by atoms with Crippen molar-refractivity contribution < 1.29 is 9.84 Å². The molecule has 2 nitrogen and oxygen atoms in total. The zero-order valence-corrected chi connectivity index (χ0v) is 13.1. The van der Waals surface area contributed by atoms with E-state index in [0.717, 1.165) is 41.9 Å². The Balaban J connectivity index is 1.53. The topological polar surface area (TPSA) is 29.5 Å². The molecule has 4 atom stereocenters. The van der Waals surface area contributed by atoms with Crippen molar-refractivity contribution in [1.82, 2.24) is 0 Å². The molecule has 0 amide bonds. The number of hydrogen-bond acceptors (Lipinski definition) is 2. The van der Waals surface area contributed by atoms with Crippen LogP contribution in [0, 0.1) is 17.8 Å². The number of aliphatic hydroxyl groups is 1. The quantitative estimate of drug-likeness (QED) is 0.899. The molecular formula is C19H26O2. The van der Waals surface area contributed by atoms with Gasteiger partial charge in [0, 0.05) is 12.0 Å². The normalized spacial score (nSPS) is 33.8. The van der Waals surface area contributed by atoms with Crippen LogP contribution in [0.15, 0.2) is 18.2 Å². The Labute approximate surface area is 127 Å². The third kappa shape index (κ3) is 2.38. The first-order valence-electron chi connectivity index (χ1n) is 8.51. The molecule has 0 aromatic heterocycles. The average molecular weight is 286 g/mol. The van der Waals surface area contributed by atoms with E-state index in [0.29, 0.717) is 0 Å². The first-order chi connectivity index (χ1) is 10.0. The van der Waals surface area contributed by atoms with Crippen molar-refractivity contribution in [3.05, 3.63) is 29.3 Å². The van der Waals surface area contributed by atoms with Gasteiger partial charge in [-0.2, -0.15) is 0 Å². The van der Waals surface area contributed by atoms with Crippen molar-refractivity contribution in [3.63, 3.8) is 0 Å². The second-order valence-corrected chi connectivity index (χ2v) is 8.06. The van der Waals surface area contributed by atoms with E-state index in [-0.39, 0.29) is 11.7 Å². The fourth-order valence-electron chi connectivity index (χ4n) is 4.98. The standard InChI is InChI=1S/C19H26O2/c1-19(2)11-14-4-3-5-16(18(14)21-19)17(20)10-15-9-12-6-7-13(15)8-12/h3-5,12-13,15,17,20H,6-11H2,1-2H3. The predicted molar refractivity (Wildman–Crippen MR) is 83.4 cm³/mol. The van der Waals surface area contributed by atoms with Gasteiger partial charge in [-0.25, -0.2) is 0 Å². The highest BCUT2D eigenvalue weighted by atomic mass is 16.5. The van der Waals surface area contributed by atoms with Crippen molar-refractivity contribution >= 4 is 0 Å². The lowest BCUT2D eigenvalue weighted by Crippen LogP contribution is -2.25. The second-order valence-electron chi connectivity index (χ2n) is 8.06. The average Bonchev–Trinajstić information content (AvgIpc) is 3.09. The molecule has 0 spiro atoms. The molecule has 1 N–H and O–H groups in total. The molecule has 2 bridgehead atoms. The summed E-state index contributed by atoms with van der Waals surface area (Å²) in [4.78, 5) is 0. The Kier molecular flexibility index (Phi) is 3.08. The molecule has 1 aromatic carbocycles. The highest BCUT2D eigenvalue weighted by Crippen LogP contribution is 2.51. The van der Waals surface area contributed by atoms with Crippen LogP contribution in [0.5, 0.6) is 5.75 Å². The largest absolute Gasteiger partial charge is 0.487 e. The summed E-state index contributed by atoms with van der Waals surface area (Å²) in [6.45, 7) is 4.25. The van der Waals surface area contributed by atoms with Crippen molar-refractivity contribution in [2.45, 2.75) is 64.1 Å². The predicted octanol–water partition coefficient (Wildman–Crippen LogP) is 4.26. The van der Waals surface area contributed by atoms with Crippen molar-refractivity contribution in [1.29, 1.82) is 0 Å². The van der Waals surface area contributed by atoms with Crippen LogP contribution < -0.4 is 4.74 Å². The van der Waals surface area contributed by atoms with Gasteiger partial charge in [0.05, 0.1) is 6.10 Å². The molecule has 2 heteroatoms. The van der Waals surface area contributed by atoms with Gasteiger partial charge in [0.1, 0.15) is 11.4 Å². The van der Waals surface area contributed by atoms with Gasteiger partial charge in [-0.15, -0.1) is 0 Å². The number of rotatable bonds is 3. The summed E-state index contributed by atoms with van der Waals surface area (Å²) in [7, 11) is 0. The summed E-state index contributed by atoms with van der Waals surface area (Å²) in [5, 5.41) is 10.8. The summed E-state index contributed by atoms with van der Waals surface area (Å²) in [6, 6.07) is 6.26. The first kappa shape index (κ1) is 13.6. The molecule has 114 valence electrons. The molecule has 1 aromatic rings. The fourth-order valence-corrected chi connectivity index (χ4v) is 4.98. The third-order valence-electron chi connectivity index (χ3n) is 5.89. The zero-order valence-electron chi connectivity index (χ0n) is 13.1. The minimum absolute atomic E-state index is 0.134. The molecule has 4 unspecified atom stereocenters. The molecule has 0 saturated heterocycles. The molecule has 3 aliphatic rings. The van der Waals surface area contributed by atoms with Gasteiger partial charge >= 0.3 is 0 Å². The van der Waals surface area contributed by atoms with Gasteiger partial charge < -0.3 is 9.84 Å². The van der Waals surface area contributed by atoms with Gasteiger partial charge in [0.15, 0.2) is 0 Å². The molecule has 1 aliphatic heterocycles. The van der Waals surface area contributed by atoms with Crippen LogP contribution in [0.3, 0.4) is 0 Å². The van der Waals surface area contributed by atoms with E-state index in [4.69, 9.17) is 4.74 Å². The van der Waals surface area contributed by atoms with E-state index in [1.54, 1.807) is 0 Å². The minimum atomic E-state index is -0.363. The number of fused-ring (bicyclic) bond motifs is 3. The molecule has 0 radical (unpaired) electrons. The molecule has 2 saturated carbocycles. The van der Waals surface area contributed by atoms with E-state index in [2.05, 4.69) is 32.0 Å². The summed E-state index contributed by atoms with van der Waals surface area (Å²) in [5.74, 6) is 3.50. The van der Waals surface area contributed by atoms with E-state index >= 15 is 0 Å². The summed E-state index contributed by atoms with van der Waals surface area (Å²) in [5.41, 5.74) is 2.13. The maximum atomic E-state index is 10.8.